The number of rotatable bonds is 6. The monoisotopic (exact) mass is 531 g/mol. The van der Waals surface area contributed by atoms with Gasteiger partial charge in [0, 0.05) is 50.3 Å². The van der Waals surface area contributed by atoms with Gasteiger partial charge in [-0.1, -0.05) is 77.9 Å². The van der Waals surface area contributed by atoms with Crippen LogP contribution in [0.2, 0.25) is 5.02 Å². The van der Waals surface area contributed by atoms with Gasteiger partial charge in [-0.2, -0.15) is 0 Å². The first kappa shape index (κ1) is 23.8. The largest absolute Gasteiger partial charge is 0.456 e. The molecule has 2 heterocycles. The summed E-state index contributed by atoms with van der Waals surface area (Å²) in [5, 5.41) is 8.30. The highest BCUT2D eigenvalue weighted by atomic mass is 35.5. The van der Waals surface area contributed by atoms with Crippen LogP contribution < -0.4 is 11.1 Å². The van der Waals surface area contributed by atoms with Gasteiger partial charge in [0.25, 0.3) is 0 Å². The fourth-order valence-corrected chi connectivity index (χ4v) is 5.67. The summed E-state index contributed by atoms with van der Waals surface area (Å²) in [7, 11) is 0. The van der Waals surface area contributed by atoms with Crippen molar-refractivity contribution in [2.45, 2.75) is 19.0 Å². The Bertz CT molecular complexity index is 1960. The number of allylic oxidation sites excluding steroid dienone is 3. The molecule has 5 nitrogen and oxygen atoms in total. The molecule has 0 fully saturated rings. The van der Waals surface area contributed by atoms with E-state index in [2.05, 4.69) is 35.7 Å². The summed E-state index contributed by atoms with van der Waals surface area (Å²) < 4.78 is 12.3. The molecule has 0 saturated heterocycles. The number of hydrogen-bond acceptors (Lipinski definition) is 4. The normalized spacial score (nSPS) is 15.0. The van der Waals surface area contributed by atoms with Crippen molar-refractivity contribution in [2.75, 3.05) is 6.54 Å². The Morgan fingerprint density at radius 1 is 0.872 bits per heavy atom. The summed E-state index contributed by atoms with van der Waals surface area (Å²) in [6, 6.07) is 25.8. The average Bonchev–Trinajstić information content (AvgIpc) is 3.53. The van der Waals surface area contributed by atoms with Gasteiger partial charge < -0.3 is 14.6 Å². The smallest absolute Gasteiger partial charge is 0.136 e. The van der Waals surface area contributed by atoms with E-state index in [-0.39, 0.29) is 0 Å². The van der Waals surface area contributed by atoms with Crippen molar-refractivity contribution in [3.8, 4) is 0 Å². The molecule has 4 aromatic carbocycles. The van der Waals surface area contributed by atoms with Gasteiger partial charge in [0.2, 0.25) is 0 Å². The minimum absolute atomic E-state index is 0.399. The summed E-state index contributed by atoms with van der Waals surface area (Å²) in [5.74, 6) is 0.429. The Balaban J connectivity index is 1.38. The number of furan rings is 2. The van der Waals surface area contributed by atoms with Crippen LogP contribution in [0.25, 0.3) is 43.9 Å². The third kappa shape index (κ3) is 4.30. The lowest BCUT2D eigenvalue weighted by molar-refractivity contribution is 0.579. The molecule has 0 saturated carbocycles. The van der Waals surface area contributed by atoms with Crippen molar-refractivity contribution >= 4 is 61.3 Å². The maximum atomic E-state index is 6.81. The lowest BCUT2D eigenvalue weighted by Gasteiger charge is -2.19. The summed E-state index contributed by atoms with van der Waals surface area (Å²) in [4.78, 5) is 5.12. The molecular formula is C33H26ClN3O2. The van der Waals surface area contributed by atoms with E-state index in [1.165, 1.54) is 5.57 Å². The molecule has 2 aromatic heterocycles. The molecule has 3 N–H and O–H groups in total. The van der Waals surface area contributed by atoms with E-state index < -0.39 is 6.17 Å². The van der Waals surface area contributed by atoms with Gasteiger partial charge in [-0.15, -0.1) is 0 Å². The Morgan fingerprint density at radius 2 is 1.64 bits per heavy atom. The zero-order valence-electron chi connectivity index (χ0n) is 21.2. The molecule has 0 amide bonds. The maximum absolute atomic E-state index is 6.81. The fraction of sp³-hybridized carbons (Fsp3) is 0.121. The van der Waals surface area contributed by atoms with Crippen LogP contribution in [0.1, 0.15) is 30.1 Å². The molecular weight excluding hydrogens is 506 g/mol. The van der Waals surface area contributed by atoms with E-state index in [0.29, 0.717) is 17.4 Å². The predicted octanol–water partition coefficient (Wildman–Crippen LogP) is 8.41. The second-order valence-corrected chi connectivity index (χ2v) is 10.3. The van der Waals surface area contributed by atoms with Crippen molar-refractivity contribution in [1.82, 2.24) is 5.32 Å². The van der Waals surface area contributed by atoms with E-state index in [0.717, 1.165) is 67.8 Å². The number of aliphatic imine (C=N–C) groups is 1. The number of nitrogens with two attached hydrogens (primary N) is 1. The van der Waals surface area contributed by atoms with Crippen molar-refractivity contribution in [2.24, 2.45) is 10.7 Å². The zero-order chi connectivity index (χ0) is 26.3. The van der Waals surface area contributed by atoms with Gasteiger partial charge in [0.15, 0.2) is 0 Å². The van der Waals surface area contributed by atoms with Crippen molar-refractivity contribution in [3.63, 3.8) is 0 Å². The lowest BCUT2D eigenvalue weighted by atomic mass is 10.0. The average molecular weight is 532 g/mol. The fourth-order valence-electron chi connectivity index (χ4n) is 5.50. The zero-order valence-corrected chi connectivity index (χ0v) is 21.9. The van der Waals surface area contributed by atoms with Crippen LogP contribution in [0.15, 0.2) is 116 Å². The van der Waals surface area contributed by atoms with Crippen molar-refractivity contribution in [1.29, 1.82) is 0 Å². The van der Waals surface area contributed by atoms with Gasteiger partial charge in [0.1, 0.15) is 34.3 Å². The molecule has 1 unspecified atom stereocenters. The number of halogens is 1. The molecule has 0 aliphatic heterocycles. The van der Waals surface area contributed by atoms with Crippen molar-refractivity contribution < 1.29 is 8.83 Å². The molecule has 1 aliphatic carbocycles. The van der Waals surface area contributed by atoms with Gasteiger partial charge in [-0.3, -0.25) is 5.32 Å². The molecule has 192 valence electrons. The third-order valence-corrected chi connectivity index (χ3v) is 7.59. The molecule has 7 rings (SSSR count). The second-order valence-electron chi connectivity index (χ2n) is 9.83. The molecule has 6 heteroatoms. The Kier molecular flexibility index (Phi) is 5.95. The molecule has 0 spiro atoms. The maximum Gasteiger partial charge on any atom is 0.136 e. The van der Waals surface area contributed by atoms with Gasteiger partial charge in [0.05, 0.1) is 0 Å². The number of hydrogen-bond donors (Lipinski definition) is 2. The first-order valence-electron chi connectivity index (χ1n) is 13.1. The standard InChI is InChI=1S/C33H26ClN3O2/c34-21-16-17-23-29(18-21)39-27-14-6-11-24(30(23)27)32(35)37-33(36-19-20-8-2-1-3-9-20)25-12-7-15-28-31(25)22-10-4-5-13-26(22)38-28/h1-2,4-8,10-18,33,36H,3,9,19H2,(H2,35,37). The van der Waals surface area contributed by atoms with Gasteiger partial charge in [-0.05, 0) is 43.2 Å². The highest BCUT2D eigenvalue weighted by Crippen LogP contribution is 2.36. The summed E-state index contributed by atoms with van der Waals surface area (Å²) in [6.07, 6.45) is 8.16. The summed E-state index contributed by atoms with van der Waals surface area (Å²) >= 11 is 6.23. The number of para-hydroxylation sites is 1. The predicted molar refractivity (Wildman–Crippen MR) is 160 cm³/mol. The van der Waals surface area contributed by atoms with Crippen molar-refractivity contribution in [3.05, 3.63) is 119 Å². The summed E-state index contributed by atoms with van der Waals surface area (Å²) in [5.41, 5.74) is 13.1. The molecule has 0 bridgehead atoms. The van der Waals surface area contributed by atoms with Crippen LogP contribution in [0.5, 0.6) is 0 Å². The number of amidine groups is 1. The molecule has 0 radical (unpaired) electrons. The molecule has 6 aromatic rings. The van der Waals surface area contributed by atoms with E-state index in [1.807, 2.05) is 66.7 Å². The van der Waals surface area contributed by atoms with Crippen LogP contribution in [-0.4, -0.2) is 12.4 Å². The third-order valence-electron chi connectivity index (χ3n) is 7.36. The van der Waals surface area contributed by atoms with Gasteiger partial charge in [-0.25, -0.2) is 4.99 Å². The Hall–Kier alpha value is -4.32. The first-order valence-corrected chi connectivity index (χ1v) is 13.5. The van der Waals surface area contributed by atoms with Crippen LogP contribution in [0.4, 0.5) is 0 Å². The number of nitrogens with zero attached hydrogens (tertiary/aromatic N) is 1. The molecule has 1 atom stereocenters. The second kappa shape index (κ2) is 9.77. The molecule has 1 aliphatic rings. The van der Waals surface area contributed by atoms with Crippen LogP contribution in [0, 0.1) is 0 Å². The Labute approximate surface area is 230 Å². The SMILES string of the molecule is N/C(=N\C(NCC1=CC=CCC1)c1cccc2oc3ccccc3c12)c1cccc2oc3cc(Cl)ccc3c12. The quantitative estimate of drug-likeness (QED) is 0.167. The van der Waals surface area contributed by atoms with Gasteiger partial charge >= 0.3 is 0 Å². The highest BCUT2D eigenvalue weighted by Gasteiger charge is 2.20. The van der Waals surface area contributed by atoms with E-state index >= 15 is 0 Å². The van der Waals surface area contributed by atoms with E-state index in [4.69, 9.17) is 31.2 Å². The lowest BCUT2D eigenvalue weighted by Crippen LogP contribution is -2.26. The van der Waals surface area contributed by atoms with E-state index in [1.54, 1.807) is 0 Å². The topological polar surface area (TPSA) is 76.7 Å². The number of nitrogens with one attached hydrogen (secondary N) is 1. The minimum Gasteiger partial charge on any atom is -0.456 e. The van der Waals surface area contributed by atoms with E-state index in [9.17, 15) is 0 Å². The number of benzene rings is 4. The summed E-state index contributed by atoms with van der Waals surface area (Å²) in [6.45, 7) is 0.704. The minimum atomic E-state index is -0.399. The van der Waals surface area contributed by atoms with Crippen LogP contribution in [-0.2, 0) is 0 Å². The highest BCUT2D eigenvalue weighted by molar-refractivity contribution is 6.31. The van der Waals surface area contributed by atoms with Crippen LogP contribution in [0.3, 0.4) is 0 Å². The van der Waals surface area contributed by atoms with Crippen LogP contribution >= 0.6 is 11.6 Å². The molecule has 39 heavy (non-hydrogen) atoms. The number of fused-ring (bicyclic) bond motifs is 6. The first-order chi connectivity index (χ1) is 19.2. The Morgan fingerprint density at radius 3 is 2.51 bits per heavy atom.